The Bertz CT molecular complexity index is 1370. The number of hydrogen-bond donors (Lipinski definition) is 2. The molecule has 0 unspecified atom stereocenters. The second-order valence-corrected chi connectivity index (χ2v) is 9.31. The average Bonchev–Trinajstić information content (AvgIpc) is 3.38. The lowest BCUT2D eigenvalue weighted by Crippen LogP contribution is -2.45. The molecule has 2 aliphatic rings. The number of methoxy groups -OCH3 is 1. The molecular formula is C25H32N8O5. The van der Waals surface area contributed by atoms with Crippen LogP contribution in [0.3, 0.4) is 0 Å². The van der Waals surface area contributed by atoms with Gasteiger partial charge in [-0.1, -0.05) is 0 Å². The van der Waals surface area contributed by atoms with Gasteiger partial charge in [-0.05, 0) is 32.4 Å². The lowest BCUT2D eigenvalue weighted by molar-refractivity contribution is -0.0686. The second-order valence-electron chi connectivity index (χ2n) is 9.31. The minimum absolute atomic E-state index is 0.0767. The van der Waals surface area contributed by atoms with Gasteiger partial charge in [-0.15, -0.1) is 4.99 Å². The average molecular weight is 525 g/mol. The standard InChI is InChI=1S/C25H32N8O5/c1-15-13-32(14-16(2)37-15)8-4-10-36-19-6-5-18-20(21(19)35-3)30-24(33-9-7-27-22(18)33)31-25(34)38-17-11-28-23(26)29-12-17/h5-6,11-12,15-16,27H,4,7-10,13-14H2,1-3H3,(H2,26,28,29)/t15-,16+. The van der Waals surface area contributed by atoms with E-state index in [1.807, 2.05) is 16.7 Å². The summed E-state index contributed by atoms with van der Waals surface area (Å²) in [5.74, 6) is 2.05. The van der Waals surface area contributed by atoms with Crippen molar-refractivity contribution in [1.82, 2.24) is 24.4 Å². The van der Waals surface area contributed by atoms with Gasteiger partial charge < -0.3 is 30.0 Å². The number of fused-ring (bicyclic) bond motifs is 3. The number of amides is 1. The van der Waals surface area contributed by atoms with E-state index in [0.29, 0.717) is 36.7 Å². The van der Waals surface area contributed by atoms with Crippen LogP contribution >= 0.6 is 0 Å². The molecule has 0 aliphatic carbocycles. The van der Waals surface area contributed by atoms with Crippen LogP contribution in [0.4, 0.5) is 16.6 Å². The van der Waals surface area contributed by atoms with Crippen molar-refractivity contribution < 1.29 is 23.7 Å². The van der Waals surface area contributed by atoms with E-state index in [2.05, 4.69) is 44.0 Å². The number of anilines is 2. The number of ether oxygens (including phenoxy) is 4. The highest BCUT2D eigenvalue weighted by molar-refractivity contribution is 5.95. The number of nitrogens with one attached hydrogen (secondary N) is 1. The number of carbonyl (C=O) groups is 1. The summed E-state index contributed by atoms with van der Waals surface area (Å²) in [6, 6.07) is 3.82. The third-order valence-corrected chi connectivity index (χ3v) is 6.32. The highest BCUT2D eigenvalue weighted by Crippen LogP contribution is 2.37. The van der Waals surface area contributed by atoms with Crippen LogP contribution in [0.15, 0.2) is 29.5 Å². The number of hydrogen-bond acceptors (Lipinski definition) is 11. The largest absolute Gasteiger partial charge is 0.491 e. The molecule has 1 fully saturated rings. The van der Waals surface area contributed by atoms with E-state index in [0.717, 1.165) is 37.3 Å². The predicted molar refractivity (Wildman–Crippen MR) is 139 cm³/mol. The highest BCUT2D eigenvalue weighted by Gasteiger charge is 2.23. The van der Waals surface area contributed by atoms with Crippen LogP contribution in [-0.2, 0) is 11.3 Å². The van der Waals surface area contributed by atoms with Gasteiger partial charge in [0.15, 0.2) is 17.2 Å². The zero-order chi connectivity index (χ0) is 26.6. The molecule has 3 aromatic rings. The van der Waals surface area contributed by atoms with Crippen LogP contribution in [0, 0.1) is 0 Å². The van der Waals surface area contributed by atoms with Gasteiger partial charge in [0.2, 0.25) is 11.6 Å². The van der Waals surface area contributed by atoms with E-state index in [9.17, 15) is 4.79 Å². The van der Waals surface area contributed by atoms with Crippen molar-refractivity contribution in [1.29, 1.82) is 0 Å². The van der Waals surface area contributed by atoms with Gasteiger partial charge >= 0.3 is 6.09 Å². The van der Waals surface area contributed by atoms with Crippen molar-refractivity contribution in [2.24, 2.45) is 4.99 Å². The Morgan fingerprint density at radius 2 is 2.00 bits per heavy atom. The quantitative estimate of drug-likeness (QED) is 0.435. The van der Waals surface area contributed by atoms with Crippen LogP contribution in [0.2, 0.25) is 0 Å². The van der Waals surface area contributed by atoms with Crippen molar-refractivity contribution in [3.05, 3.63) is 30.1 Å². The summed E-state index contributed by atoms with van der Waals surface area (Å²) in [7, 11) is 1.57. The maximum absolute atomic E-state index is 12.6. The van der Waals surface area contributed by atoms with Crippen molar-refractivity contribution >= 4 is 28.8 Å². The highest BCUT2D eigenvalue weighted by atomic mass is 16.6. The molecule has 0 radical (unpaired) electrons. The molecule has 2 aromatic heterocycles. The smallest absolute Gasteiger partial charge is 0.442 e. The number of aromatic nitrogens is 4. The van der Waals surface area contributed by atoms with E-state index in [1.54, 1.807) is 7.11 Å². The zero-order valence-corrected chi connectivity index (χ0v) is 21.7. The number of benzene rings is 1. The lowest BCUT2D eigenvalue weighted by Gasteiger charge is -2.35. The second kappa shape index (κ2) is 11.2. The molecule has 3 N–H and O–H groups in total. The normalized spacial score (nSPS) is 19.7. The molecule has 202 valence electrons. The Morgan fingerprint density at radius 3 is 2.74 bits per heavy atom. The number of nitrogens with zero attached hydrogens (tertiary/aromatic N) is 6. The Kier molecular flexibility index (Phi) is 7.56. The van der Waals surface area contributed by atoms with Crippen molar-refractivity contribution in [3.63, 3.8) is 0 Å². The van der Waals surface area contributed by atoms with Crippen LogP contribution < -0.4 is 30.9 Å². The summed E-state index contributed by atoms with van der Waals surface area (Å²) in [6.45, 7) is 8.74. The first-order valence-corrected chi connectivity index (χ1v) is 12.6. The third kappa shape index (κ3) is 5.63. The Labute approximate surface area is 219 Å². The van der Waals surface area contributed by atoms with E-state index in [-0.39, 0.29) is 29.5 Å². The summed E-state index contributed by atoms with van der Waals surface area (Å²) in [6.07, 6.45) is 3.07. The van der Waals surface area contributed by atoms with Crippen molar-refractivity contribution in [3.8, 4) is 17.2 Å². The molecule has 38 heavy (non-hydrogen) atoms. The fraction of sp³-hybridized carbons (Fsp3) is 0.480. The third-order valence-electron chi connectivity index (χ3n) is 6.32. The van der Waals surface area contributed by atoms with Gasteiger partial charge in [-0.3, -0.25) is 9.47 Å². The summed E-state index contributed by atoms with van der Waals surface area (Å²) < 4.78 is 24.7. The SMILES string of the molecule is COc1c(OCCCN2C[C@@H](C)O[C@@H](C)C2)ccc2c3n(c(=NC(=O)Oc4cnc(N)nc4)nc12)CCN3. The van der Waals surface area contributed by atoms with Gasteiger partial charge in [-0.2, -0.15) is 0 Å². The van der Waals surface area contributed by atoms with E-state index in [4.69, 9.17) is 24.7 Å². The fourth-order valence-electron chi connectivity index (χ4n) is 4.87. The first-order chi connectivity index (χ1) is 18.4. The van der Waals surface area contributed by atoms with Crippen LogP contribution in [-0.4, -0.2) is 82.6 Å². The molecule has 0 saturated carbocycles. The summed E-state index contributed by atoms with van der Waals surface area (Å²) in [4.78, 5) is 31.3. The van der Waals surface area contributed by atoms with Gasteiger partial charge in [0.25, 0.3) is 0 Å². The van der Waals surface area contributed by atoms with Crippen LogP contribution in [0.1, 0.15) is 20.3 Å². The van der Waals surface area contributed by atoms with E-state index >= 15 is 0 Å². The van der Waals surface area contributed by atoms with Gasteiger partial charge in [0, 0.05) is 38.1 Å². The van der Waals surface area contributed by atoms with Gasteiger partial charge in [0.05, 0.1) is 38.3 Å². The molecule has 1 aromatic carbocycles. The van der Waals surface area contributed by atoms with E-state index < -0.39 is 6.09 Å². The number of rotatable bonds is 7. The predicted octanol–water partition coefficient (Wildman–Crippen LogP) is 1.82. The first-order valence-electron chi connectivity index (χ1n) is 12.6. The van der Waals surface area contributed by atoms with Crippen LogP contribution in [0.25, 0.3) is 10.9 Å². The number of nitrogens with two attached hydrogens (primary N) is 1. The maximum Gasteiger partial charge on any atom is 0.442 e. The zero-order valence-electron chi connectivity index (χ0n) is 21.7. The van der Waals surface area contributed by atoms with Crippen molar-refractivity contribution in [2.45, 2.75) is 39.0 Å². The lowest BCUT2D eigenvalue weighted by atomic mass is 10.2. The molecule has 13 nitrogen and oxygen atoms in total. The number of carbonyl (C=O) groups excluding carboxylic acids is 1. The summed E-state index contributed by atoms with van der Waals surface area (Å²) in [5.41, 5.74) is 6.20. The fourth-order valence-corrected chi connectivity index (χ4v) is 4.87. The van der Waals surface area contributed by atoms with Gasteiger partial charge in [-0.25, -0.2) is 19.7 Å². The van der Waals surface area contributed by atoms with Crippen LogP contribution in [0.5, 0.6) is 17.2 Å². The van der Waals surface area contributed by atoms with E-state index in [1.165, 1.54) is 12.4 Å². The molecule has 2 atom stereocenters. The molecule has 0 bridgehead atoms. The molecule has 13 heteroatoms. The van der Waals surface area contributed by atoms with Gasteiger partial charge in [0.1, 0.15) is 11.3 Å². The minimum Gasteiger partial charge on any atom is -0.491 e. The maximum atomic E-state index is 12.6. The Morgan fingerprint density at radius 1 is 1.24 bits per heavy atom. The summed E-state index contributed by atoms with van der Waals surface area (Å²) in [5, 5.41) is 4.18. The topological polar surface area (TPSA) is 151 Å². The number of nitrogen functional groups attached to an aromatic ring is 1. The summed E-state index contributed by atoms with van der Waals surface area (Å²) >= 11 is 0. The molecule has 0 spiro atoms. The minimum atomic E-state index is -0.857. The number of morpholine rings is 1. The first kappa shape index (κ1) is 25.7. The molecular weight excluding hydrogens is 492 g/mol. The monoisotopic (exact) mass is 524 g/mol. The Hall–Kier alpha value is -3.97. The molecule has 2 aliphatic heterocycles. The molecule has 4 heterocycles. The molecule has 5 rings (SSSR count). The Balaban J connectivity index is 1.37. The molecule has 1 amide bonds. The molecule has 1 saturated heterocycles. The van der Waals surface area contributed by atoms with Crippen molar-refractivity contribution in [2.75, 3.05) is 50.9 Å².